The third-order valence-corrected chi connectivity index (χ3v) is 5.62. The minimum atomic E-state index is -3.32. The number of carbonyl (C=O) groups is 1. The van der Waals surface area contributed by atoms with Crippen molar-refractivity contribution >= 4 is 21.6 Å². The minimum absolute atomic E-state index is 0.00329. The predicted octanol–water partition coefficient (Wildman–Crippen LogP) is 3.95. The Labute approximate surface area is 155 Å². The molecule has 1 atom stereocenters. The number of hydrogen-bond donors (Lipinski definition) is 2. The molecule has 2 N–H and O–H groups in total. The second-order valence-corrected chi connectivity index (χ2v) is 8.39. The van der Waals surface area contributed by atoms with Crippen LogP contribution in [0.3, 0.4) is 0 Å². The molecule has 5 nitrogen and oxygen atoms in total. The molecule has 26 heavy (non-hydrogen) atoms. The number of hydrogen-bond acceptors (Lipinski definition) is 3. The summed E-state index contributed by atoms with van der Waals surface area (Å²) in [5.74, 6) is -0.176. The largest absolute Gasteiger partial charge is 0.345 e. The Hall–Kier alpha value is -2.34. The van der Waals surface area contributed by atoms with Gasteiger partial charge in [-0.2, -0.15) is 0 Å². The normalized spacial score (nSPS) is 12.5. The molecule has 0 fully saturated rings. The average molecular weight is 375 g/mol. The number of benzene rings is 2. The Morgan fingerprint density at radius 1 is 1.04 bits per heavy atom. The zero-order chi connectivity index (χ0) is 19.3. The van der Waals surface area contributed by atoms with Crippen molar-refractivity contribution in [2.75, 3.05) is 10.5 Å². The van der Waals surface area contributed by atoms with Gasteiger partial charge in [0.15, 0.2) is 0 Å². The molecule has 2 rings (SSSR count). The molecular formula is C20H26N2O3S. The van der Waals surface area contributed by atoms with E-state index in [1.54, 1.807) is 31.2 Å². The number of sulfonamides is 1. The Balaban J connectivity index is 2.13. The highest BCUT2D eigenvalue weighted by atomic mass is 32.2. The summed E-state index contributed by atoms with van der Waals surface area (Å²) >= 11 is 0. The van der Waals surface area contributed by atoms with Crippen molar-refractivity contribution in [1.82, 2.24) is 5.32 Å². The summed E-state index contributed by atoms with van der Waals surface area (Å²) in [7, 11) is -3.32. The molecule has 140 valence electrons. The van der Waals surface area contributed by atoms with E-state index in [0.29, 0.717) is 11.3 Å². The van der Waals surface area contributed by atoms with Crippen LogP contribution in [0.15, 0.2) is 42.5 Å². The van der Waals surface area contributed by atoms with Gasteiger partial charge in [0.1, 0.15) is 0 Å². The quantitative estimate of drug-likeness (QED) is 0.771. The summed E-state index contributed by atoms with van der Waals surface area (Å²) < 4.78 is 25.7. The first-order valence-electron chi connectivity index (χ1n) is 8.74. The second-order valence-electron chi connectivity index (χ2n) is 6.38. The first-order chi connectivity index (χ1) is 12.3. The maximum Gasteiger partial charge on any atom is 0.251 e. The van der Waals surface area contributed by atoms with E-state index in [9.17, 15) is 13.2 Å². The topological polar surface area (TPSA) is 75.3 Å². The molecule has 0 radical (unpaired) electrons. The van der Waals surface area contributed by atoms with Crippen LogP contribution >= 0.6 is 0 Å². The van der Waals surface area contributed by atoms with E-state index in [0.717, 1.165) is 17.5 Å². The maximum absolute atomic E-state index is 12.6. The van der Waals surface area contributed by atoms with Crippen molar-refractivity contribution in [2.45, 2.75) is 40.2 Å². The van der Waals surface area contributed by atoms with Crippen molar-refractivity contribution in [3.63, 3.8) is 0 Å². The number of aryl methyl sites for hydroxylation is 2. The zero-order valence-electron chi connectivity index (χ0n) is 15.7. The van der Waals surface area contributed by atoms with Gasteiger partial charge in [-0.05, 0) is 62.6 Å². The fourth-order valence-corrected chi connectivity index (χ4v) is 3.44. The first-order valence-corrected chi connectivity index (χ1v) is 10.4. The van der Waals surface area contributed by atoms with Gasteiger partial charge in [0.05, 0.1) is 11.8 Å². The molecule has 0 unspecified atom stereocenters. The Morgan fingerprint density at radius 2 is 1.69 bits per heavy atom. The van der Waals surface area contributed by atoms with Crippen molar-refractivity contribution < 1.29 is 13.2 Å². The van der Waals surface area contributed by atoms with E-state index in [2.05, 4.69) is 22.2 Å². The molecule has 0 aliphatic carbocycles. The van der Waals surface area contributed by atoms with Crippen LogP contribution in [0, 0.1) is 13.8 Å². The number of carbonyl (C=O) groups excluding carboxylic acids is 1. The highest BCUT2D eigenvalue weighted by Crippen LogP contribution is 2.22. The summed E-state index contributed by atoms with van der Waals surface area (Å²) in [5, 5.41) is 3.06. The molecule has 0 saturated carbocycles. The van der Waals surface area contributed by atoms with Gasteiger partial charge in [-0.1, -0.05) is 30.7 Å². The van der Waals surface area contributed by atoms with E-state index in [-0.39, 0.29) is 17.7 Å². The van der Waals surface area contributed by atoms with E-state index >= 15 is 0 Å². The fraction of sp³-hybridized carbons (Fsp3) is 0.350. The molecule has 0 spiro atoms. The molecule has 6 heteroatoms. The molecule has 0 aromatic heterocycles. The summed E-state index contributed by atoms with van der Waals surface area (Å²) in [6.45, 7) is 7.70. The van der Waals surface area contributed by atoms with Crippen LogP contribution in [-0.2, 0) is 10.0 Å². The second kappa shape index (κ2) is 8.36. The first kappa shape index (κ1) is 20.0. The van der Waals surface area contributed by atoms with Gasteiger partial charge >= 0.3 is 0 Å². The van der Waals surface area contributed by atoms with Gasteiger partial charge < -0.3 is 5.32 Å². The van der Waals surface area contributed by atoms with Gasteiger partial charge in [-0.3, -0.25) is 9.52 Å². The number of nitrogens with one attached hydrogen (secondary N) is 2. The van der Waals surface area contributed by atoms with Crippen molar-refractivity contribution in [1.29, 1.82) is 0 Å². The standard InChI is InChI=1S/C20H26N2O3S/c1-5-19(18-12-7-14(3)13-15(18)4)21-20(23)16-8-10-17(11-9-16)22-26(24,25)6-2/h7-13,19,22H,5-6H2,1-4H3,(H,21,23)/t19-/m1/s1. The van der Waals surface area contributed by atoms with E-state index in [4.69, 9.17) is 0 Å². The maximum atomic E-state index is 12.6. The summed E-state index contributed by atoms with van der Waals surface area (Å²) in [6.07, 6.45) is 0.782. The molecule has 1 amide bonds. The van der Waals surface area contributed by atoms with Gasteiger partial charge in [0, 0.05) is 11.3 Å². The SMILES string of the molecule is CC[C@@H](NC(=O)c1ccc(NS(=O)(=O)CC)cc1)c1ccc(C)cc1C. The molecule has 0 bridgehead atoms. The van der Waals surface area contributed by atoms with Gasteiger partial charge in [0.25, 0.3) is 5.91 Å². The van der Waals surface area contributed by atoms with E-state index in [1.807, 2.05) is 26.8 Å². The third kappa shape index (κ3) is 5.08. The lowest BCUT2D eigenvalue weighted by molar-refractivity contribution is 0.0935. The molecule has 0 saturated heterocycles. The molecular weight excluding hydrogens is 348 g/mol. The smallest absolute Gasteiger partial charge is 0.251 e. The van der Waals surface area contributed by atoms with Crippen LogP contribution < -0.4 is 10.0 Å². The molecule has 0 aliphatic rings. The predicted molar refractivity (Wildman–Crippen MR) is 106 cm³/mol. The molecule has 2 aromatic rings. The van der Waals surface area contributed by atoms with Crippen LogP contribution in [0.1, 0.15) is 53.4 Å². The lowest BCUT2D eigenvalue weighted by Crippen LogP contribution is -2.28. The minimum Gasteiger partial charge on any atom is -0.345 e. The average Bonchev–Trinajstić information content (AvgIpc) is 2.60. The van der Waals surface area contributed by atoms with Gasteiger partial charge in [0.2, 0.25) is 10.0 Å². The third-order valence-electron chi connectivity index (χ3n) is 4.31. The fourth-order valence-electron chi connectivity index (χ4n) is 2.80. The number of anilines is 1. The van der Waals surface area contributed by atoms with Crippen molar-refractivity contribution in [3.8, 4) is 0 Å². The van der Waals surface area contributed by atoms with E-state index < -0.39 is 10.0 Å². The lowest BCUT2D eigenvalue weighted by atomic mass is 9.97. The van der Waals surface area contributed by atoms with Crippen LogP contribution in [0.5, 0.6) is 0 Å². The van der Waals surface area contributed by atoms with Crippen LogP contribution in [0.4, 0.5) is 5.69 Å². The summed E-state index contributed by atoms with van der Waals surface area (Å²) in [5.41, 5.74) is 4.40. The molecule has 2 aromatic carbocycles. The van der Waals surface area contributed by atoms with Gasteiger partial charge in [-0.15, -0.1) is 0 Å². The summed E-state index contributed by atoms with van der Waals surface area (Å²) in [6, 6.07) is 12.6. The number of amides is 1. The molecule has 0 heterocycles. The highest BCUT2D eigenvalue weighted by Gasteiger charge is 2.16. The van der Waals surface area contributed by atoms with Crippen LogP contribution in [0.2, 0.25) is 0 Å². The van der Waals surface area contributed by atoms with Crippen LogP contribution in [0.25, 0.3) is 0 Å². The Bertz CT molecular complexity index is 874. The number of rotatable bonds is 7. The van der Waals surface area contributed by atoms with Crippen molar-refractivity contribution in [3.05, 3.63) is 64.7 Å². The van der Waals surface area contributed by atoms with Gasteiger partial charge in [-0.25, -0.2) is 8.42 Å². The molecule has 0 aliphatic heterocycles. The monoisotopic (exact) mass is 374 g/mol. The van der Waals surface area contributed by atoms with Crippen LogP contribution in [-0.4, -0.2) is 20.1 Å². The van der Waals surface area contributed by atoms with E-state index in [1.165, 1.54) is 5.56 Å². The Morgan fingerprint density at radius 3 is 2.23 bits per heavy atom. The zero-order valence-corrected chi connectivity index (χ0v) is 16.5. The Kier molecular flexibility index (Phi) is 6.42. The lowest BCUT2D eigenvalue weighted by Gasteiger charge is -2.20. The van der Waals surface area contributed by atoms with Crippen molar-refractivity contribution in [2.24, 2.45) is 0 Å². The highest BCUT2D eigenvalue weighted by molar-refractivity contribution is 7.92. The summed E-state index contributed by atoms with van der Waals surface area (Å²) in [4.78, 5) is 12.6.